The molecule has 6 nitrogen and oxygen atoms in total. The molecule has 2 amide bonds. The van der Waals surface area contributed by atoms with Crippen LogP contribution in [0.5, 0.6) is 0 Å². The SMILES string of the molecule is Cc1cccc(C)c1N1C[C@H](c2nc3ccccc3n2CC(=O)N(C)c2ccccc2)CC1=O. The number of benzene rings is 3. The molecule has 1 saturated heterocycles. The summed E-state index contributed by atoms with van der Waals surface area (Å²) in [6, 6.07) is 23.6. The predicted octanol–water partition coefficient (Wildman–Crippen LogP) is 4.84. The minimum absolute atomic E-state index is 0.0356. The Kier molecular flexibility index (Phi) is 5.65. The number of carbonyl (C=O) groups excluding carboxylic acids is 2. The van der Waals surface area contributed by atoms with Gasteiger partial charge in [-0.25, -0.2) is 4.98 Å². The fraction of sp³-hybridized carbons (Fsp3) is 0.250. The minimum atomic E-state index is -0.0891. The minimum Gasteiger partial charge on any atom is -0.318 e. The average Bonchev–Trinajstić information content (AvgIpc) is 3.39. The van der Waals surface area contributed by atoms with Gasteiger partial charge in [0.1, 0.15) is 12.4 Å². The van der Waals surface area contributed by atoms with Crippen LogP contribution in [0, 0.1) is 13.8 Å². The zero-order chi connectivity index (χ0) is 23.8. The predicted molar refractivity (Wildman–Crippen MR) is 135 cm³/mol. The van der Waals surface area contributed by atoms with Crippen LogP contribution in [0.15, 0.2) is 72.8 Å². The summed E-state index contributed by atoms with van der Waals surface area (Å²) in [7, 11) is 1.79. The Balaban J connectivity index is 1.49. The number of carbonyl (C=O) groups is 2. The summed E-state index contributed by atoms with van der Waals surface area (Å²) >= 11 is 0. The monoisotopic (exact) mass is 452 g/mol. The Morgan fingerprint density at radius 3 is 2.38 bits per heavy atom. The third kappa shape index (κ3) is 3.85. The van der Waals surface area contributed by atoms with Crippen LogP contribution in [0.25, 0.3) is 11.0 Å². The Labute approximate surface area is 199 Å². The second-order valence-electron chi connectivity index (χ2n) is 8.98. The number of fused-ring (bicyclic) bond motifs is 1. The fourth-order valence-electron chi connectivity index (χ4n) is 4.94. The molecule has 5 rings (SSSR count). The van der Waals surface area contributed by atoms with Crippen molar-refractivity contribution in [3.05, 3.63) is 89.7 Å². The number of nitrogens with zero attached hydrogens (tertiary/aromatic N) is 4. The lowest BCUT2D eigenvalue weighted by molar-refractivity contribution is -0.119. The van der Waals surface area contributed by atoms with Crippen LogP contribution < -0.4 is 9.80 Å². The second kappa shape index (κ2) is 8.78. The van der Waals surface area contributed by atoms with Gasteiger partial charge in [0.05, 0.1) is 11.0 Å². The first-order valence-electron chi connectivity index (χ1n) is 11.6. The molecule has 4 aromatic rings. The van der Waals surface area contributed by atoms with E-state index in [0.717, 1.165) is 39.4 Å². The molecule has 0 unspecified atom stereocenters. The highest BCUT2D eigenvalue weighted by Crippen LogP contribution is 2.36. The zero-order valence-electron chi connectivity index (χ0n) is 19.7. The molecular weight excluding hydrogens is 424 g/mol. The fourth-order valence-corrected chi connectivity index (χ4v) is 4.94. The Bertz CT molecular complexity index is 1360. The standard InChI is InChI=1S/C28H28N4O2/c1-19-10-9-11-20(2)27(19)32-17-21(16-25(32)33)28-29-23-14-7-8-15-24(23)31(28)18-26(34)30(3)22-12-5-4-6-13-22/h4-15,21H,16-18H2,1-3H3/t21-/m1/s1. The molecule has 0 saturated carbocycles. The van der Waals surface area contributed by atoms with Crippen LogP contribution in [-0.4, -0.2) is 35.0 Å². The van der Waals surface area contributed by atoms with E-state index in [9.17, 15) is 9.59 Å². The van der Waals surface area contributed by atoms with E-state index in [1.165, 1.54) is 0 Å². The lowest BCUT2D eigenvalue weighted by Crippen LogP contribution is -2.31. The topological polar surface area (TPSA) is 58.4 Å². The van der Waals surface area contributed by atoms with Crippen molar-refractivity contribution in [2.75, 3.05) is 23.4 Å². The lowest BCUT2D eigenvalue weighted by Gasteiger charge is -2.22. The van der Waals surface area contributed by atoms with Gasteiger partial charge in [-0.15, -0.1) is 0 Å². The quantitative estimate of drug-likeness (QED) is 0.436. The Morgan fingerprint density at radius 1 is 0.971 bits per heavy atom. The van der Waals surface area contributed by atoms with E-state index in [-0.39, 0.29) is 24.3 Å². The van der Waals surface area contributed by atoms with Crippen LogP contribution >= 0.6 is 0 Å². The highest BCUT2D eigenvalue weighted by Gasteiger charge is 2.36. The first kappa shape index (κ1) is 21.9. The van der Waals surface area contributed by atoms with Crippen LogP contribution in [-0.2, 0) is 16.1 Å². The maximum atomic E-state index is 13.3. The van der Waals surface area contributed by atoms with Gasteiger partial charge in [-0.05, 0) is 49.2 Å². The molecule has 1 aliphatic rings. The van der Waals surface area contributed by atoms with Crippen molar-refractivity contribution in [2.45, 2.75) is 32.7 Å². The van der Waals surface area contributed by atoms with E-state index in [1.807, 2.05) is 96.1 Å². The van der Waals surface area contributed by atoms with Gasteiger partial charge in [0.2, 0.25) is 11.8 Å². The van der Waals surface area contributed by atoms with E-state index >= 15 is 0 Å². The Hall–Kier alpha value is -3.93. The largest absolute Gasteiger partial charge is 0.318 e. The number of hydrogen-bond donors (Lipinski definition) is 0. The number of amides is 2. The molecule has 0 bridgehead atoms. The molecule has 0 N–H and O–H groups in total. The van der Waals surface area contributed by atoms with Crippen LogP contribution in [0.2, 0.25) is 0 Å². The number of rotatable bonds is 5. The van der Waals surface area contributed by atoms with E-state index < -0.39 is 0 Å². The first-order chi connectivity index (χ1) is 16.4. The van der Waals surface area contributed by atoms with E-state index in [1.54, 1.807) is 11.9 Å². The van der Waals surface area contributed by atoms with Crippen LogP contribution in [0.3, 0.4) is 0 Å². The summed E-state index contributed by atoms with van der Waals surface area (Å²) in [5.41, 5.74) is 5.74. The van der Waals surface area contributed by atoms with E-state index in [0.29, 0.717) is 13.0 Å². The van der Waals surface area contributed by atoms with Gasteiger partial charge in [0, 0.05) is 37.3 Å². The van der Waals surface area contributed by atoms with Crippen molar-refractivity contribution in [3.8, 4) is 0 Å². The van der Waals surface area contributed by atoms with Gasteiger partial charge >= 0.3 is 0 Å². The molecule has 1 atom stereocenters. The lowest BCUT2D eigenvalue weighted by atomic mass is 10.1. The summed E-state index contributed by atoms with van der Waals surface area (Å²) in [5, 5.41) is 0. The van der Waals surface area contributed by atoms with Crippen molar-refractivity contribution in [1.82, 2.24) is 9.55 Å². The van der Waals surface area contributed by atoms with Gasteiger partial charge in [-0.3, -0.25) is 9.59 Å². The van der Waals surface area contributed by atoms with E-state index in [2.05, 4.69) is 0 Å². The molecule has 1 aromatic heterocycles. The maximum Gasteiger partial charge on any atom is 0.246 e. The van der Waals surface area contributed by atoms with Crippen molar-refractivity contribution < 1.29 is 9.59 Å². The van der Waals surface area contributed by atoms with Crippen molar-refractivity contribution in [3.63, 3.8) is 0 Å². The summed E-state index contributed by atoms with van der Waals surface area (Å²) < 4.78 is 1.99. The summed E-state index contributed by atoms with van der Waals surface area (Å²) in [6.07, 6.45) is 0.375. The van der Waals surface area contributed by atoms with Gasteiger partial charge in [0.25, 0.3) is 0 Å². The second-order valence-corrected chi connectivity index (χ2v) is 8.98. The molecule has 0 spiro atoms. The molecule has 1 aliphatic heterocycles. The smallest absolute Gasteiger partial charge is 0.246 e. The van der Waals surface area contributed by atoms with Crippen LogP contribution in [0.4, 0.5) is 11.4 Å². The molecular formula is C28H28N4O2. The molecule has 2 heterocycles. The third-order valence-corrected chi connectivity index (χ3v) is 6.69. The third-order valence-electron chi connectivity index (χ3n) is 6.69. The van der Waals surface area contributed by atoms with Gasteiger partial charge in [0.15, 0.2) is 0 Å². The number of likely N-dealkylation sites (N-methyl/N-ethyl adjacent to an activating group) is 1. The van der Waals surface area contributed by atoms with Gasteiger partial charge < -0.3 is 14.4 Å². The molecule has 172 valence electrons. The summed E-state index contributed by atoms with van der Waals surface area (Å²) in [4.78, 5) is 34.8. The molecule has 0 radical (unpaired) electrons. The summed E-state index contributed by atoms with van der Waals surface area (Å²) in [5.74, 6) is 0.757. The van der Waals surface area contributed by atoms with Crippen LogP contribution in [0.1, 0.15) is 29.3 Å². The normalized spacial score (nSPS) is 15.8. The molecule has 3 aromatic carbocycles. The van der Waals surface area contributed by atoms with E-state index in [4.69, 9.17) is 4.98 Å². The molecule has 0 aliphatic carbocycles. The Morgan fingerprint density at radius 2 is 1.65 bits per heavy atom. The van der Waals surface area contributed by atoms with Gasteiger partial charge in [-0.1, -0.05) is 48.5 Å². The number of hydrogen-bond acceptors (Lipinski definition) is 3. The van der Waals surface area contributed by atoms with Crippen molar-refractivity contribution in [1.29, 1.82) is 0 Å². The summed E-state index contributed by atoms with van der Waals surface area (Å²) in [6.45, 7) is 4.79. The number of imidazole rings is 1. The zero-order valence-corrected chi connectivity index (χ0v) is 19.7. The first-order valence-corrected chi connectivity index (χ1v) is 11.6. The molecule has 34 heavy (non-hydrogen) atoms. The highest BCUT2D eigenvalue weighted by molar-refractivity contribution is 5.98. The number of aromatic nitrogens is 2. The maximum absolute atomic E-state index is 13.3. The molecule has 6 heteroatoms. The van der Waals surface area contributed by atoms with Crippen molar-refractivity contribution in [2.24, 2.45) is 0 Å². The number of aryl methyl sites for hydroxylation is 2. The number of anilines is 2. The van der Waals surface area contributed by atoms with Gasteiger partial charge in [-0.2, -0.15) is 0 Å². The number of para-hydroxylation sites is 4. The molecule has 1 fully saturated rings. The van der Waals surface area contributed by atoms with Crippen molar-refractivity contribution >= 4 is 34.2 Å². The highest BCUT2D eigenvalue weighted by atomic mass is 16.2. The average molecular weight is 453 g/mol.